The van der Waals surface area contributed by atoms with Crippen LogP contribution < -0.4 is 38.4 Å². The minimum atomic E-state index is -0.483. The zero-order valence-electron chi connectivity index (χ0n) is 61.9. The fraction of sp³-hybridized carbons (Fsp3) is 0.429. The van der Waals surface area contributed by atoms with E-state index >= 15 is 0 Å². The fourth-order valence-corrected chi connectivity index (χ4v) is 14.5. The highest BCUT2D eigenvalue weighted by atomic mass is 32.1. The van der Waals surface area contributed by atoms with Crippen molar-refractivity contribution in [3.8, 4) is 45.6 Å². The number of esters is 6. The molecule has 0 unspecified atom stereocenters. The Kier molecular flexibility index (Phi) is 32.0. The van der Waals surface area contributed by atoms with E-state index in [0.717, 1.165) is 147 Å². The second-order valence-electron chi connectivity index (χ2n) is 27.0. The maximum Gasteiger partial charge on any atom is 0.330 e. The number of pyridine rings is 2. The van der Waals surface area contributed by atoms with Gasteiger partial charge in [0, 0.05) is 48.8 Å². The summed E-state index contributed by atoms with van der Waals surface area (Å²) < 4.78 is 46.4. The predicted molar refractivity (Wildman–Crippen MR) is 421 cm³/mol. The van der Waals surface area contributed by atoms with Gasteiger partial charge in [0.2, 0.25) is 10.3 Å². The smallest absolute Gasteiger partial charge is 0.330 e. The molecule has 2 saturated carbocycles. The van der Waals surface area contributed by atoms with E-state index in [1.54, 1.807) is 85.5 Å². The minimum absolute atomic E-state index is 0.295. The Hall–Kier alpha value is -10.2. The number of anilines is 2. The Morgan fingerprint density at radius 3 is 1.15 bits per heavy atom. The van der Waals surface area contributed by atoms with E-state index in [0.29, 0.717) is 147 Å². The number of aromatic nitrogens is 4. The third-order valence-electron chi connectivity index (χ3n) is 19.0. The van der Waals surface area contributed by atoms with Crippen LogP contribution in [0.2, 0.25) is 0 Å². The Morgan fingerprint density at radius 1 is 0.435 bits per heavy atom. The molecule has 0 aliphatic heterocycles. The Bertz CT molecular complexity index is 3980. The van der Waals surface area contributed by atoms with Crippen LogP contribution in [0.3, 0.4) is 0 Å². The van der Waals surface area contributed by atoms with Crippen molar-refractivity contribution in [1.82, 2.24) is 19.9 Å². The van der Waals surface area contributed by atoms with E-state index < -0.39 is 47.5 Å². The summed E-state index contributed by atoms with van der Waals surface area (Å²) in [6, 6.07) is 32.7. The highest BCUT2D eigenvalue weighted by molar-refractivity contribution is 7.22. The average Bonchev–Trinajstić information content (AvgIpc) is 1.34. The summed E-state index contributed by atoms with van der Waals surface area (Å²) in [5.74, 6) is -1.43. The molecule has 0 spiro atoms. The SMILES string of the molecule is C=CC(=O)OCCCCCCOc1ccc(OC(=O)C2CCC(C(=O)Oc3ccc(-c4ccc(OC(=O)C5CCC(C(=O)Oc6ccc(OCCCCCCOC(=O)C=C)cc6)CC5)c(/C=N/N(CCCCCC)c5nc6cccnc6s5)c4)cc3/C=N/N(CCCCCC)c3nc4cccnc4s3)CC2)cc1. The first-order valence-electron chi connectivity index (χ1n) is 38.1. The molecule has 8 aromatic rings. The molecule has 2 aliphatic carbocycles. The van der Waals surface area contributed by atoms with Crippen LogP contribution in [0.5, 0.6) is 34.5 Å². The van der Waals surface area contributed by atoms with Gasteiger partial charge in [-0.1, -0.05) is 100 Å². The third kappa shape index (κ3) is 24.9. The molecule has 4 aromatic heterocycles. The number of ether oxygens (including phenoxy) is 8. The number of hydrogen-bond donors (Lipinski definition) is 0. The Balaban J connectivity index is 0.843. The molecule has 0 N–H and O–H groups in total. The number of fused-ring (bicyclic) bond motifs is 2. The number of carbonyl (C=O) groups excluding carboxylic acids is 6. The maximum absolute atomic E-state index is 14.4. The number of hydrogen-bond acceptors (Lipinski definition) is 24. The normalized spacial score (nSPS) is 15.7. The van der Waals surface area contributed by atoms with Crippen molar-refractivity contribution in [1.29, 1.82) is 0 Å². The summed E-state index contributed by atoms with van der Waals surface area (Å²) in [5.41, 5.74) is 4.05. The van der Waals surface area contributed by atoms with E-state index in [1.807, 2.05) is 58.5 Å². The largest absolute Gasteiger partial charge is 0.494 e. The molecule has 22 nitrogen and oxygen atoms in total. The van der Waals surface area contributed by atoms with E-state index in [1.165, 1.54) is 22.7 Å². The van der Waals surface area contributed by atoms with Crippen molar-refractivity contribution in [2.45, 2.75) is 168 Å². The monoisotopic (exact) mass is 1510 g/mol. The van der Waals surface area contributed by atoms with Crippen LogP contribution in [0, 0.1) is 23.7 Å². The van der Waals surface area contributed by atoms with Gasteiger partial charge in [0.1, 0.15) is 55.2 Å². The van der Waals surface area contributed by atoms with Crippen molar-refractivity contribution in [2.24, 2.45) is 33.9 Å². The zero-order chi connectivity index (χ0) is 75.7. The first-order chi connectivity index (χ1) is 52.8. The number of thiazole rings is 2. The van der Waals surface area contributed by atoms with Crippen molar-refractivity contribution in [2.75, 3.05) is 49.5 Å². The van der Waals surface area contributed by atoms with Crippen LogP contribution in [0.15, 0.2) is 157 Å². The van der Waals surface area contributed by atoms with Crippen molar-refractivity contribution < 1.29 is 66.7 Å². The first-order valence-corrected chi connectivity index (χ1v) is 39.7. The summed E-state index contributed by atoms with van der Waals surface area (Å²) in [7, 11) is 0. The lowest BCUT2D eigenvalue weighted by Crippen LogP contribution is -2.30. The number of hydrazone groups is 2. The standard InChI is InChI=1S/C84H98N8O14S2/c1-5-9-11-17-49-91(83-89-71-25-23-47-85-77(71)107-83)87-57-65-55-63(35-45-73(65)105-81(97)61-31-27-59(28-32-61)79(95)103-69-41-37-67(38-42-69)99-51-19-13-15-21-53-101-75(93)7-3)64-36-46-74(66(56-64)58-88-92(50-18-12-10-6-2)84-90-72-26-24-48-86-78(72)108-84)106-82(98)62-33-29-60(30-34-62)80(96)104-70-43-39-68(40-44-70)100-52-20-14-16-22-54-102-76(94)8-4/h7-8,23-26,35-48,55-62H,3-6,9-22,27-34,49-54H2,1-2H3/b87-57+,88-58+. The molecule has 0 amide bonds. The molecule has 10 rings (SSSR count). The van der Waals surface area contributed by atoms with E-state index in [9.17, 15) is 28.8 Å². The Labute approximate surface area is 639 Å². The summed E-state index contributed by atoms with van der Waals surface area (Å²) >= 11 is 2.90. The number of nitrogens with zero attached hydrogens (tertiary/aromatic N) is 8. The summed E-state index contributed by atoms with van der Waals surface area (Å²) in [5, 5.41) is 15.3. The lowest BCUT2D eigenvalue weighted by Gasteiger charge is -2.26. The highest BCUT2D eigenvalue weighted by Gasteiger charge is 2.35. The van der Waals surface area contributed by atoms with Crippen LogP contribution in [0.4, 0.5) is 10.3 Å². The summed E-state index contributed by atoms with van der Waals surface area (Å²) in [6.45, 7) is 14.1. The molecule has 0 bridgehead atoms. The molecule has 108 heavy (non-hydrogen) atoms. The van der Waals surface area contributed by atoms with Gasteiger partial charge in [0.15, 0.2) is 0 Å². The molecule has 2 fully saturated rings. The van der Waals surface area contributed by atoms with Gasteiger partial charge in [0.05, 0.1) is 62.5 Å². The number of unbranched alkanes of at least 4 members (excludes halogenated alkanes) is 12. The van der Waals surface area contributed by atoms with Gasteiger partial charge in [0.25, 0.3) is 0 Å². The molecule has 2 aliphatic rings. The summed E-state index contributed by atoms with van der Waals surface area (Å²) in [6.07, 6.45) is 27.5. The zero-order valence-corrected chi connectivity index (χ0v) is 63.5. The van der Waals surface area contributed by atoms with Gasteiger partial charge in [-0.05, 0) is 224 Å². The van der Waals surface area contributed by atoms with Gasteiger partial charge in [-0.3, -0.25) is 19.2 Å². The first kappa shape index (κ1) is 80.3. The van der Waals surface area contributed by atoms with Crippen LogP contribution in [0.1, 0.15) is 179 Å². The van der Waals surface area contributed by atoms with E-state index in [2.05, 4.69) is 37.0 Å². The van der Waals surface area contributed by atoms with Gasteiger partial charge in [-0.25, -0.2) is 39.5 Å². The maximum atomic E-state index is 14.4. The summed E-state index contributed by atoms with van der Waals surface area (Å²) in [4.78, 5) is 99.1. The predicted octanol–water partition coefficient (Wildman–Crippen LogP) is 18.2. The number of carbonyl (C=O) groups is 6. The van der Waals surface area contributed by atoms with Crippen molar-refractivity contribution in [3.05, 3.63) is 158 Å². The number of benzene rings is 4. The van der Waals surface area contributed by atoms with Gasteiger partial charge in [-0.2, -0.15) is 10.2 Å². The minimum Gasteiger partial charge on any atom is -0.494 e. The highest BCUT2D eigenvalue weighted by Crippen LogP contribution is 2.38. The van der Waals surface area contributed by atoms with Gasteiger partial charge < -0.3 is 37.9 Å². The molecule has 0 atom stereocenters. The Morgan fingerprint density at radius 2 is 0.787 bits per heavy atom. The van der Waals surface area contributed by atoms with Crippen LogP contribution in [-0.2, 0) is 38.2 Å². The number of rotatable bonds is 43. The third-order valence-corrected chi connectivity index (χ3v) is 20.9. The van der Waals surface area contributed by atoms with Crippen LogP contribution in [-0.4, -0.2) is 108 Å². The topological polar surface area (TPSA) is 259 Å². The lowest BCUT2D eigenvalue weighted by molar-refractivity contribution is -0.145. The second-order valence-corrected chi connectivity index (χ2v) is 28.9. The molecule has 0 saturated heterocycles. The molecule has 4 heterocycles. The average molecular weight is 1510 g/mol. The lowest BCUT2D eigenvalue weighted by atomic mass is 9.82. The molecule has 4 aromatic carbocycles. The van der Waals surface area contributed by atoms with Gasteiger partial charge >= 0.3 is 35.8 Å². The quantitative estimate of drug-likeness (QED) is 0.00859. The van der Waals surface area contributed by atoms with Crippen molar-refractivity contribution in [3.63, 3.8) is 0 Å². The molecule has 0 radical (unpaired) electrons. The van der Waals surface area contributed by atoms with Gasteiger partial charge in [-0.15, -0.1) is 0 Å². The fourth-order valence-electron chi connectivity index (χ4n) is 12.7. The molecular formula is C84H98N8O14S2. The molecule has 570 valence electrons. The molecular weight excluding hydrogens is 1410 g/mol. The second kappa shape index (κ2) is 43.0. The molecule has 24 heteroatoms. The van der Waals surface area contributed by atoms with Crippen molar-refractivity contribution >= 4 is 102 Å². The van der Waals surface area contributed by atoms with Crippen LogP contribution >= 0.6 is 22.7 Å². The van der Waals surface area contributed by atoms with E-state index in [-0.39, 0.29) is 11.9 Å². The van der Waals surface area contributed by atoms with E-state index in [4.69, 9.17) is 58.1 Å². The van der Waals surface area contributed by atoms with Crippen LogP contribution in [0.25, 0.3) is 31.8 Å².